The number of benzene rings is 2. The van der Waals surface area contributed by atoms with Crippen molar-refractivity contribution in [2.45, 2.75) is 12.5 Å². The van der Waals surface area contributed by atoms with Crippen LogP contribution in [0, 0.1) is 0 Å². The van der Waals surface area contributed by atoms with Gasteiger partial charge in [-0.2, -0.15) is 0 Å². The Morgan fingerprint density at radius 2 is 1.88 bits per heavy atom. The van der Waals surface area contributed by atoms with Gasteiger partial charge in [-0.15, -0.1) is 0 Å². The lowest BCUT2D eigenvalue weighted by Gasteiger charge is -2.17. The molecule has 1 aliphatic rings. The van der Waals surface area contributed by atoms with Crippen LogP contribution in [0.25, 0.3) is 22.8 Å². The SMILES string of the molecule is N[C@@H]1CCN(C(=O)c2ccccc2-c2ncc(-c3ccccc3)o2)C1. The maximum atomic E-state index is 12.9. The number of amides is 1. The third-order valence-electron chi connectivity index (χ3n) is 4.46. The lowest BCUT2D eigenvalue weighted by molar-refractivity contribution is 0.0791. The molecule has 5 heteroatoms. The lowest BCUT2D eigenvalue weighted by atomic mass is 10.1. The van der Waals surface area contributed by atoms with Crippen LogP contribution < -0.4 is 5.73 Å². The third kappa shape index (κ3) is 3.06. The highest BCUT2D eigenvalue weighted by molar-refractivity contribution is 6.00. The number of hydrogen-bond donors (Lipinski definition) is 1. The van der Waals surface area contributed by atoms with Crippen LogP contribution in [0.3, 0.4) is 0 Å². The number of likely N-dealkylation sites (tertiary alicyclic amines) is 1. The fraction of sp³-hybridized carbons (Fsp3) is 0.200. The maximum absolute atomic E-state index is 12.9. The molecule has 0 bridgehead atoms. The second-order valence-electron chi connectivity index (χ2n) is 6.24. The molecular weight excluding hydrogens is 314 g/mol. The molecule has 0 unspecified atom stereocenters. The zero-order valence-electron chi connectivity index (χ0n) is 13.8. The molecule has 3 aromatic rings. The van der Waals surface area contributed by atoms with Crippen LogP contribution in [0.15, 0.2) is 65.2 Å². The second-order valence-corrected chi connectivity index (χ2v) is 6.24. The van der Waals surface area contributed by atoms with Crippen LogP contribution in [0.4, 0.5) is 0 Å². The summed E-state index contributed by atoms with van der Waals surface area (Å²) in [6, 6.07) is 17.3. The molecule has 1 fully saturated rings. The Labute approximate surface area is 146 Å². The minimum absolute atomic E-state index is 0.0250. The first-order chi connectivity index (χ1) is 12.2. The van der Waals surface area contributed by atoms with Crippen molar-refractivity contribution in [2.24, 2.45) is 5.73 Å². The fourth-order valence-electron chi connectivity index (χ4n) is 3.13. The molecule has 25 heavy (non-hydrogen) atoms. The Balaban J connectivity index is 1.68. The Hall–Kier alpha value is -2.92. The van der Waals surface area contributed by atoms with Gasteiger partial charge in [-0.3, -0.25) is 4.79 Å². The van der Waals surface area contributed by atoms with Crippen LogP contribution in [-0.4, -0.2) is 34.9 Å². The van der Waals surface area contributed by atoms with Gasteiger partial charge < -0.3 is 15.1 Å². The summed E-state index contributed by atoms with van der Waals surface area (Å²) in [5.41, 5.74) is 8.19. The average molecular weight is 333 g/mol. The lowest BCUT2D eigenvalue weighted by Crippen LogP contribution is -2.32. The van der Waals surface area contributed by atoms with Crippen LogP contribution in [0.5, 0.6) is 0 Å². The molecule has 126 valence electrons. The number of carbonyl (C=O) groups excluding carboxylic acids is 1. The van der Waals surface area contributed by atoms with Crippen molar-refractivity contribution in [3.05, 3.63) is 66.4 Å². The first-order valence-electron chi connectivity index (χ1n) is 8.38. The van der Waals surface area contributed by atoms with Gasteiger partial charge in [-0.05, 0) is 18.6 Å². The molecule has 2 heterocycles. The van der Waals surface area contributed by atoms with Crippen molar-refractivity contribution < 1.29 is 9.21 Å². The highest BCUT2D eigenvalue weighted by Crippen LogP contribution is 2.29. The van der Waals surface area contributed by atoms with E-state index in [4.69, 9.17) is 10.2 Å². The Morgan fingerprint density at radius 1 is 1.12 bits per heavy atom. The zero-order chi connectivity index (χ0) is 17.2. The predicted molar refractivity (Wildman–Crippen MR) is 95.9 cm³/mol. The van der Waals surface area contributed by atoms with Gasteiger partial charge in [-0.1, -0.05) is 42.5 Å². The van der Waals surface area contributed by atoms with E-state index in [1.807, 2.05) is 54.6 Å². The van der Waals surface area contributed by atoms with E-state index in [2.05, 4.69) is 4.98 Å². The van der Waals surface area contributed by atoms with Gasteiger partial charge in [0.15, 0.2) is 5.76 Å². The van der Waals surface area contributed by atoms with Crippen molar-refractivity contribution in [3.63, 3.8) is 0 Å². The molecule has 1 atom stereocenters. The number of rotatable bonds is 3. The predicted octanol–water partition coefficient (Wildman–Crippen LogP) is 3.18. The molecule has 2 N–H and O–H groups in total. The van der Waals surface area contributed by atoms with Crippen LogP contribution in [-0.2, 0) is 0 Å². The van der Waals surface area contributed by atoms with E-state index in [1.165, 1.54) is 0 Å². The smallest absolute Gasteiger partial charge is 0.254 e. The Kier molecular flexibility index (Phi) is 4.07. The van der Waals surface area contributed by atoms with Gasteiger partial charge in [0.2, 0.25) is 5.89 Å². The highest BCUT2D eigenvalue weighted by Gasteiger charge is 2.27. The number of nitrogens with two attached hydrogens (primary N) is 1. The van der Waals surface area contributed by atoms with Crippen molar-refractivity contribution in [3.8, 4) is 22.8 Å². The van der Waals surface area contributed by atoms with Gasteiger partial charge in [0.1, 0.15) is 0 Å². The van der Waals surface area contributed by atoms with Gasteiger partial charge in [-0.25, -0.2) is 4.98 Å². The zero-order valence-corrected chi connectivity index (χ0v) is 13.8. The highest BCUT2D eigenvalue weighted by atomic mass is 16.4. The minimum atomic E-state index is -0.0250. The van der Waals surface area contributed by atoms with Gasteiger partial charge >= 0.3 is 0 Å². The minimum Gasteiger partial charge on any atom is -0.436 e. The standard InChI is InChI=1S/C20H19N3O2/c21-15-10-11-23(13-15)20(24)17-9-5-4-8-16(17)19-22-12-18(25-19)14-6-2-1-3-7-14/h1-9,12,15H,10-11,13,21H2/t15-/m1/s1. The van der Waals surface area contributed by atoms with Gasteiger partial charge in [0.05, 0.1) is 11.8 Å². The average Bonchev–Trinajstić information content (AvgIpc) is 3.31. The molecule has 0 radical (unpaired) electrons. The summed E-state index contributed by atoms with van der Waals surface area (Å²) in [5, 5.41) is 0. The number of aromatic nitrogens is 1. The molecule has 4 rings (SSSR count). The van der Waals surface area contributed by atoms with E-state index in [9.17, 15) is 4.79 Å². The molecule has 1 aromatic heterocycles. The van der Waals surface area contributed by atoms with E-state index < -0.39 is 0 Å². The molecule has 1 amide bonds. The topological polar surface area (TPSA) is 72.4 Å². The number of oxazole rings is 1. The first kappa shape index (κ1) is 15.6. The second kappa shape index (κ2) is 6.53. The molecule has 2 aromatic carbocycles. The quantitative estimate of drug-likeness (QED) is 0.799. The molecule has 0 saturated carbocycles. The number of hydrogen-bond acceptors (Lipinski definition) is 4. The van der Waals surface area contributed by atoms with Gasteiger partial charge in [0, 0.05) is 30.3 Å². The summed E-state index contributed by atoms with van der Waals surface area (Å²) >= 11 is 0. The Morgan fingerprint density at radius 3 is 2.64 bits per heavy atom. The van der Waals surface area contributed by atoms with Crippen molar-refractivity contribution in [1.82, 2.24) is 9.88 Å². The molecule has 1 saturated heterocycles. The van der Waals surface area contributed by atoms with Crippen LogP contribution in [0.1, 0.15) is 16.8 Å². The number of carbonyl (C=O) groups is 1. The maximum Gasteiger partial charge on any atom is 0.254 e. The molecular formula is C20H19N3O2. The van der Waals surface area contributed by atoms with E-state index in [-0.39, 0.29) is 11.9 Å². The summed E-state index contributed by atoms with van der Waals surface area (Å²) in [6.45, 7) is 1.28. The summed E-state index contributed by atoms with van der Waals surface area (Å²) in [4.78, 5) is 19.0. The first-order valence-corrected chi connectivity index (χ1v) is 8.38. The molecule has 0 spiro atoms. The Bertz CT molecular complexity index is 889. The largest absolute Gasteiger partial charge is 0.436 e. The van der Waals surface area contributed by atoms with E-state index in [1.54, 1.807) is 11.1 Å². The molecule has 5 nitrogen and oxygen atoms in total. The fourth-order valence-corrected chi connectivity index (χ4v) is 3.13. The molecule has 1 aliphatic heterocycles. The summed E-state index contributed by atoms with van der Waals surface area (Å²) in [7, 11) is 0. The summed E-state index contributed by atoms with van der Waals surface area (Å²) < 4.78 is 5.92. The normalized spacial score (nSPS) is 17.0. The van der Waals surface area contributed by atoms with Crippen LogP contribution in [0.2, 0.25) is 0 Å². The van der Waals surface area contributed by atoms with Gasteiger partial charge in [0.25, 0.3) is 5.91 Å². The van der Waals surface area contributed by atoms with E-state index in [0.29, 0.717) is 35.9 Å². The van der Waals surface area contributed by atoms with Crippen LogP contribution >= 0.6 is 0 Å². The monoisotopic (exact) mass is 333 g/mol. The number of nitrogens with zero attached hydrogens (tertiary/aromatic N) is 2. The van der Waals surface area contributed by atoms with E-state index in [0.717, 1.165) is 12.0 Å². The van der Waals surface area contributed by atoms with Crippen molar-refractivity contribution in [2.75, 3.05) is 13.1 Å². The van der Waals surface area contributed by atoms with E-state index >= 15 is 0 Å². The summed E-state index contributed by atoms with van der Waals surface area (Å²) in [5.74, 6) is 1.11. The summed E-state index contributed by atoms with van der Waals surface area (Å²) in [6.07, 6.45) is 2.53. The third-order valence-corrected chi connectivity index (χ3v) is 4.46. The van der Waals surface area contributed by atoms with Crippen molar-refractivity contribution in [1.29, 1.82) is 0 Å². The molecule has 0 aliphatic carbocycles. The van der Waals surface area contributed by atoms with Crippen molar-refractivity contribution >= 4 is 5.91 Å².